The van der Waals surface area contributed by atoms with Crippen LogP contribution in [0, 0.1) is 5.82 Å². The van der Waals surface area contributed by atoms with Gasteiger partial charge in [0.05, 0.1) is 5.56 Å². The van der Waals surface area contributed by atoms with E-state index in [1.807, 2.05) is 17.2 Å². The first-order chi connectivity index (χ1) is 14.5. The molecular formula is C21H26FN7O. The van der Waals surface area contributed by atoms with Crippen LogP contribution in [0.5, 0.6) is 0 Å². The molecule has 9 heteroatoms. The first kappa shape index (κ1) is 20.1. The molecule has 0 radical (unpaired) electrons. The van der Waals surface area contributed by atoms with Crippen molar-refractivity contribution in [1.82, 2.24) is 9.97 Å². The summed E-state index contributed by atoms with van der Waals surface area (Å²) in [6.45, 7) is 0.855. The van der Waals surface area contributed by atoms with Gasteiger partial charge in [0.2, 0.25) is 0 Å². The van der Waals surface area contributed by atoms with E-state index in [1.54, 1.807) is 12.3 Å². The second-order valence-electron chi connectivity index (χ2n) is 7.67. The smallest absolute Gasteiger partial charge is 0.252 e. The molecule has 2 aromatic heterocycles. The van der Waals surface area contributed by atoms with Crippen molar-refractivity contribution in [2.24, 2.45) is 11.5 Å². The Morgan fingerprint density at radius 1 is 1.23 bits per heavy atom. The summed E-state index contributed by atoms with van der Waals surface area (Å²) in [6, 6.07) is 4.57. The number of hydrogen-bond acceptors (Lipinski definition) is 7. The monoisotopic (exact) mass is 411 g/mol. The van der Waals surface area contributed by atoms with E-state index in [9.17, 15) is 9.18 Å². The normalized spacial score (nSPS) is 20.9. The molecule has 0 bridgehead atoms. The zero-order chi connectivity index (χ0) is 21.1. The van der Waals surface area contributed by atoms with E-state index in [0.717, 1.165) is 50.5 Å². The zero-order valence-corrected chi connectivity index (χ0v) is 16.6. The van der Waals surface area contributed by atoms with Gasteiger partial charge in [0.1, 0.15) is 11.6 Å². The summed E-state index contributed by atoms with van der Waals surface area (Å²) in [6.07, 6.45) is 10.5. The third-order valence-corrected chi connectivity index (χ3v) is 5.51. The maximum absolute atomic E-state index is 14.7. The lowest BCUT2D eigenvalue weighted by Crippen LogP contribution is -2.43. The van der Waals surface area contributed by atoms with Gasteiger partial charge in [0, 0.05) is 42.8 Å². The molecule has 1 fully saturated rings. The summed E-state index contributed by atoms with van der Waals surface area (Å²) in [4.78, 5) is 22.6. The van der Waals surface area contributed by atoms with Crippen molar-refractivity contribution in [2.45, 2.75) is 44.2 Å². The number of carbonyl (C=O) groups excluding carboxylic acids is 1. The molecule has 30 heavy (non-hydrogen) atoms. The van der Waals surface area contributed by atoms with Gasteiger partial charge < -0.3 is 27.0 Å². The van der Waals surface area contributed by atoms with Crippen LogP contribution in [-0.2, 0) is 0 Å². The standard InChI is InChI=1S/C21H26FN7O/c22-15-12-14(19(24)30)20(28-21(15)27-17-6-2-1-5-16(17)23)26-13-7-8-25-18(11-13)29-9-3-4-10-29/h3,7-9,11-12,16-17H,1-2,4-6,10,23H2,(H2,24,30)(H2,25,26,27,28). The SMILES string of the molecule is NC(=O)c1cc(F)c(NC2CCCCC2N)nc1Nc1ccnc(N2C=CCC2)c1. The minimum atomic E-state index is -0.762. The number of pyridine rings is 2. The van der Waals surface area contributed by atoms with Gasteiger partial charge in [-0.25, -0.2) is 14.4 Å². The highest BCUT2D eigenvalue weighted by molar-refractivity contribution is 5.98. The number of halogens is 1. The van der Waals surface area contributed by atoms with Gasteiger partial charge in [-0.1, -0.05) is 18.9 Å². The summed E-state index contributed by atoms with van der Waals surface area (Å²) in [7, 11) is 0. The van der Waals surface area contributed by atoms with E-state index in [1.165, 1.54) is 0 Å². The molecule has 0 spiro atoms. The second kappa shape index (κ2) is 8.66. The minimum absolute atomic E-state index is 0.0228. The summed E-state index contributed by atoms with van der Waals surface area (Å²) >= 11 is 0. The summed E-state index contributed by atoms with van der Waals surface area (Å²) < 4.78 is 14.7. The molecule has 4 rings (SSSR count). The number of hydrogen-bond donors (Lipinski definition) is 4. The molecule has 2 aromatic rings. The van der Waals surface area contributed by atoms with Crippen LogP contribution in [-0.4, -0.2) is 34.5 Å². The topological polar surface area (TPSA) is 122 Å². The van der Waals surface area contributed by atoms with Gasteiger partial charge in [-0.3, -0.25) is 4.79 Å². The lowest BCUT2D eigenvalue weighted by molar-refractivity contribution is 0.100. The lowest BCUT2D eigenvalue weighted by atomic mass is 9.91. The first-order valence-electron chi connectivity index (χ1n) is 10.2. The van der Waals surface area contributed by atoms with Gasteiger partial charge in [0.15, 0.2) is 11.6 Å². The Morgan fingerprint density at radius 2 is 2.07 bits per heavy atom. The van der Waals surface area contributed by atoms with E-state index in [2.05, 4.69) is 26.7 Å². The van der Waals surface area contributed by atoms with E-state index in [0.29, 0.717) is 5.69 Å². The summed E-state index contributed by atoms with van der Waals surface area (Å²) in [5.74, 6) is -0.388. The zero-order valence-electron chi connectivity index (χ0n) is 16.6. The van der Waals surface area contributed by atoms with Crippen molar-refractivity contribution in [3.05, 3.63) is 48.1 Å². The maximum Gasteiger partial charge on any atom is 0.252 e. The van der Waals surface area contributed by atoms with Gasteiger partial charge in [0.25, 0.3) is 5.91 Å². The Kier molecular flexibility index (Phi) is 5.80. The minimum Gasteiger partial charge on any atom is -0.365 e. The maximum atomic E-state index is 14.7. The fourth-order valence-corrected chi connectivity index (χ4v) is 3.86. The molecule has 1 aliphatic carbocycles. The quantitative estimate of drug-likeness (QED) is 0.576. The number of primary amides is 1. The van der Waals surface area contributed by atoms with Crippen LogP contribution < -0.4 is 27.0 Å². The van der Waals surface area contributed by atoms with Gasteiger partial charge in [-0.15, -0.1) is 0 Å². The van der Waals surface area contributed by atoms with Crippen molar-refractivity contribution in [3.8, 4) is 0 Å². The molecule has 1 saturated carbocycles. The Morgan fingerprint density at radius 3 is 2.80 bits per heavy atom. The average Bonchev–Trinajstić information content (AvgIpc) is 3.27. The highest BCUT2D eigenvalue weighted by atomic mass is 19.1. The third kappa shape index (κ3) is 4.35. The first-order valence-corrected chi connectivity index (χ1v) is 10.2. The molecule has 8 nitrogen and oxygen atoms in total. The molecule has 158 valence electrons. The molecular weight excluding hydrogens is 385 g/mol. The van der Waals surface area contributed by atoms with Crippen LogP contribution in [0.4, 0.5) is 27.5 Å². The summed E-state index contributed by atoms with van der Waals surface area (Å²) in [5.41, 5.74) is 12.3. The molecule has 0 saturated heterocycles. The van der Waals surface area contributed by atoms with Crippen LogP contribution in [0.2, 0.25) is 0 Å². The van der Waals surface area contributed by atoms with Crippen LogP contribution in [0.25, 0.3) is 0 Å². The predicted molar refractivity (Wildman–Crippen MR) is 115 cm³/mol. The van der Waals surface area contributed by atoms with Gasteiger partial charge in [-0.05, 0) is 31.4 Å². The van der Waals surface area contributed by atoms with Crippen molar-refractivity contribution in [2.75, 3.05) is 22.1 Å². The number of anilines is 4. The van der Waals surface area contributed by atoms with Gasteiger partial charge in [-0.2, -0.15) is 0 Å². The number of nitrogens with two attached hydrogens (primary N) is 2. The summed E-state index contributed by atoms with van der Waals surface area (Å²) in [5, 5.41) is 6.21. The Bertz CT molecular complexity index is 964. The number of amides is 1. The Balaban J connectivity index is 1.62. The van der Waals surface area contributed by atoms with Crippen molar-refractivity contribution in [3.63, 3.8) is 0 Å². The van der Waals surface area contributed by atoms with Crippen molar-refractivity contribution >= 4 is 29.0 Å². The molecule has 6 N–H and O–H groups in total. The second-order valence-corrected chi connectivity index (χ2v) is 7.67. The van der Waals surface area contributed by atoms with Crippen LogP contribution in [0.3, 0.4) is 0 Å². The van der Waals surface area contributed by atoms with Gasteiger partial charge >= 0.3 is 0 Å². The van der Waals surface area contributed by atoms with Crippen LogP contribution >= 0.6 is 0 Å². The van der Waals surface area contributed by atoms with E-state index in [-0.39, 0.29) is 29.3 Å². The average molecular weight is 411 g/mol. The Labute approximate surface area is 174 Å². The molecule has 2 atom stereocenters. The number of nitrogens with zero attached hydrogens (tertiary/aromatic N) is 3. The fourth-order valence-electron chi connectivity index (χ4n) is 3.86. The molecule has 1 amide bonds. The number of rotatable bonds is 6. The number of nitrogens with one attached hydrogen (secondary N) is 2. The predicted octanol–water partition coefficient (Wildman–Crippen LogP) is 2.86. The van der Waals surface area contributed by atoms with Crippen LogP contribution in [0.15, 0.2) is 36.7 Å². The molecule has 0 aromatic carbocycles. The highest BCUT2D eigenvalue weighted by Crippen LogP contribution is 2.28. The number of carbonyl (C=O) groups is 1. The van der Waals surface area contributed by atoms with E-state index in [4.69, 9.17) is 11.5 Å². The van der Waals surface area contributed by atoms with E-state index >= 15 is 0 Å². The lowest BCUT2D eigenvalue weighted by Gasteiger charge is -2.30. The Hall–Kier alpha value is -3.20. The molecule has 2 unspecified atom stereocenters. The fraction of sp³-hybridized carbons (Fsp3) is 0.381. The third-order valence-electron chi connectivity index (χ3n) is 5.51. The number of aromatic nitrogens is 2. The van der Waals surface area contributed by atoms with E-state index < -0.39 is 11.7 Å². The highest BCUT2D eigenvalue weighted by Gasteiger charge is 2.24. The molecule has 1 aliphatic heterocycles. The van der Waals surface area contributed by atoms with Crippen molar-refractivity contribution < 1.29 is 9.18 Å². The van der Waals surface area contributed by atoms with Crippen molar-refractivity contribution in [1.29, 1.82) is 0 Å². The van der Waals surface area contributed by atoms with Crippen LogP contribution in [0.1, 0.15) is 42.5 Å². The molecule has 2 aliphatic rings. The largest absolute Gasteiger partial charge is 0.365 e. The molecule has 3 heterocycles.